The van der Waals surface area contributed by atoms with Crippen LogP contribution in [0.25, 0.3) is 43.2 Å². The van der Waals surface area contributed by atoms with Gasteiger partial charge in [-0.3, -0.25) is 19.2 Å². The van der Waals surface area contributed by atoms with Crippen molar-refractivity contribution in [2.45, 2.75) is 71.7 Å². The number of rotatable bonds is 23. The number of aromatic hydroxyl groups is 1. The molecule has 2 aliphatic rings. The van der Waals surface area contributed by atoms with Gasteiger partial charge in [-0.1, -0.05) is 80.9 Å². The molecule has 2 saturated heterocycles. The lowest BCUT2D eigenvalue weighted by Crippen LogP contribution is -2.58. The molecule has 4 aromatic carbocycles. The number of nitrogens with zero attached hydrogens (tertiary/aromatic N) is 7. The number of aryl methyl sites for hydroxylation is 1. The number of nitrogens with one attached hydrogen (secondary N) is 3. The van der Waals surface area contributed by atoms with Crippen LogP contribution in [0.15, 0.2) is 72.2 Å². The average molecular weight is 1170 g/mol. The van der Waals surface area contributed by atoms with E-state index >= 15 is 4.39 Å². The third kappa shape index (κ3) is 14.8. The highest BCUT2D eigenvalue weighted by atomic mass is 35.5. The molecule has 2 fully saturated rings. The number of piperazine rings is 1. The van der Waals surface area contributed by atoms with E-state index in [4.69, 9.17) is 36.5 Å². The zero-order chi connectivity index (χ0) is 58.8. The quantitative estimate of drug-likeness (QED) is 0.0387. The van der Waals surface area contributed by atoms with Crippen LogP contribution in [-0.2, 0) is 33.4 Å². The zero-order valence-electron chi connectivity index (χ0n) is 46.9. The SMILES string of the molecule is Cc1ncsc1-c1ccc([C@H](C)NC(=O)[C@@H]2C[C@@H](O)CN2C(=O)C(NC(=O)COCCOCCOCCN(C)C(=O)CCNc2nc(N3CCN(C(N)=O)CC3)c3cc(Cl)c(-c4cc(O)cc5ccccc45)c(F)c3n2)C(C)(C)C)cc1. The van der Waals surface area contributed by atoms with Crippen LogP contribution in [0.5, 0.6) is 5.75 Å². The van der Waals surface area contributed by atoms with E-state index in [9.17, 15) is 34.2 Å². The first-order valence-corrected chi connectivity index (χ1v) is 28.4. The van der Waals surface area contributed by atoms with Crippen LogP contribution in [-0.4, -0.2) is 180 Å². The van der Waals surface area contributed by atoms with Crippen molar-refractivity contribution in [1.29, 1.82) is 0 Å². The molecule has 1 unspecified atom stereocenters. The molecule has 8 rings (SSSR count). The molecular formula is C58H71ClFN11O10S. The molecule has 7 N–H and O–H groups in total. The van der Waals surface area contributed by atoms with Crippen LogP contribution in [0.4, 0.5) is 21.0 Å². The van der Waals surface area contributed by atoms with E-state index in [0.29, 0.717) is 53.7 Å². The molecular weight excluding hydrogens is 1100 g/mol. The molecule has 6 aromatic rings. The number of aromatic nitrogens is 3. The van der Waals surface area contributed by atoms with Crippen molar-refractivity contribution in [3.05, 3.63) is 94.3 Å². The number of thiazole rings is 1. The smallest absolute Gasteiger partial charge is 0.314 e. The number of fused-ring (bicyclic) bond motifs is 2. The van der Waals surface area contributed by atoms with Crippen molar-refractivity contribution in [3.8, 4) is 27.3 Å². The Morgan fingerprint density at radius 1 is 0.927 bits per heavy atom. The van der Waals surface area contributed by atoms with Crippen LogP contribution in [0, 0.1) is 18.2 Å². The standard InChI is InChI=1S/C58H71ClFN11O10S/c1-34(36-11-13-37(14-12-36)51-35(2)63-33-82-51)64-54(76)45-29-40(73)31-71(45)55(77)52(58(3,4)5)65-46(74)32-81-26-25-80-24-23-79-22-21-68(6)47(75)15-16-62-57-66-50-43(53(67-57)69-17-19-70(20-18-69)56(61)78)30-44(59)48(49(50)60)42-28-39(72)27-38-9-7-8-10-41(38)42/h7-14,27-28,30,33-34,40,45,52,72-73H,15-26,29,31-32H2,1-6H3,(H2,61,78)(H,64,76)(H,65,74)(H,62,66,67)/t34-,40+,45-,52?/m0/s1. The van der Waals surface area contributed by atoms with Gasteiger partial charge in [0, 0.05) is 76.7 Å². The van der Waals surface area contributed by atoms with Crippen molar-refractivity contribution in [2.24, 2.45) is 11.1 Å². The molecule has 82 heavy (non-hydrogen) atoms. The third-order valence-electron chi connectivity index (χ3n) is 14.5. The molecule has 21 nitrogen and oxygen atoms in total. The number of hydrogen-bond acceptors (Lipinski definition) is 16. The maximum atomic E-state index is 17.0. The summed E-state index contributed by atoms with van der Waals surface area (Å²) in [5.41, 5.74) is 9.86. The van der Waals surface area contributed by atoms with Crippen LogP contribution in [0.2, 0.25) is 5.02 Å². The Bertz CT molecular complexity index is 3270. The predicted octanol–water partition coefficient (Wildman–Crippen LogP) is 6.26. The number of phenols is 1. The van der Waals surface area contributed by atoms with E-state index in [0.717, 1.165) is 21.7 Å². The van der Waals surface area contributed by atoms with Gasteiger partial charge in [-0.25, -0.2) is 19.2 Å². The summed E-state index contributed by atoms with van der Waals surface area (Å²) in [5, 5.41) is 31.9. The normalized spacial score (nSPS) is 16.3. The fourth-order valence-corrected chi connectivity index (χ4v) is 11.1. The van der Waals surface area contributed by atoms with E-state index < -0.39 is 53.2 Å². The number of likely N-dealkylation sites (tertiary alicyclic amines) is 1. The number of phenolic OH excluding ortho intramolecular Hbond substituents is 1. The number of amides is 6. The molecule has 0 aliphatic carbocycles. The lowest BCUT2D eigenvalue weighted by molar-refractivity contribution is -0.144. The Morgan fingerprint density at radius 2 is 1.62 bits per heavy atom. The Morgan fingerprint density at radius 3 is 2.30 bits per heavy atom. The van der Waals surface area contributed by atoms with E-state index in [1.165, 1.54) is 20.8 Å². The monoisotopic (exact) mass is 1170 g/mol. The summed E-state index contributed by atoms with van der Waals surface area (Å²) >= 11 is 8.42. The number of urea groups is 1. The summed E-state index contributed by atoms with van der Waals surface area (Å²) < 4.78 is 33.8. The second-order valence-corrected chi connectivity index (χ2v) is 22.8. The van der Waals surface area contributed by atoms with Gasteiger partial charge in [-0.2, -0.15) is 4.98 Å². The zero-order valence-corrected chi connectivity index (χ0v) is 48.4. The largest absolute Gasteiger partial charge is 0.508 e. The summed E-state index contributed by atoms with van der Waals surface area (Å²) in [7, 11) is 1.65. The first-order chi connectivity index (χ1) is 39.2. The minimum Gasteiger partial charge on any atom is -0.508 e. The highest BCUT2D eigenvalue weighted by molar-refractivity contribution is 7.13. The molecule has 0 radical (unpaired) electrons. The molecule has 2 aromatic heterocycles. The minimum absolute atomic E-state index is 0.0250. The molecule has 4 atom stereocenters. The number of β-amino-alcohol motifs (C(OH)–C–C–N with tert-alkyl or cyclic N) is 1. The van der Waals surface area contributed by atoms with E-state index in [1.54, 1.807) is 56.8 Å². The average Bonchev–Trinajstić information content (AvgIpc) is 3.94. The maximum Gasteiger partial charge on any atom is 0.314 e. The first-order valence-electron chi connectivity index (χ1n) is 27.2. The predicted molar refractivity (Wildman–Crippen MR) is 312 cm³/mol. The molecule has 0 spiro atoms. The number of hydrogen-bond donors (Lipinski definition) is 6. The number of benzene rings is 4. The van der Waals surface area contributed by atoms with Crippen LogP contribution >= 0.6 is 22.9 Å². The van der Waals surface area contributed by atoms with Gasteiger partial charge in [0.15, 0.2) is 5.82 Å². The number of nitrogens with two attached hydrogens (primary N) is 1. The highest BCUT2D eigenvalue weighted by Crippen LogP contribution is 2.42. The number of halogens is 2. The first kappa shape index (κ1) is 60.8. The van der Waals surface area contributed by atoms with Gasteiger partial charge < -0.3 is 65.7 Å². The van der Waals surface area contributed by atoms with Gasteiger partial charge in [0.25, 0.3) is 0 Å². The molecule has 0 saturated carbocycles. The second kappa shape index (κ2) is 27.2. The van der Waals surface area contributed by atoms with Crippen LogP contribution in [0.1, 0.15) is 57.8 Å². The van der Waals surface area contributed by atoms with Gasteiger partial charge in [0.2, 0.25) is 29.6 Å². The molecule has 438 valence electrons. The Hall–Kier alpha value is -7.28. The molecule has 6 amide bonds. The fraction of sp³-hybridized carbons (Fsp3) is 0.448. The summed E-state index contributed by atoms with van der Waals surface area (Å²) in [5.74, 6) is -1.93. The highest BCUT2D eigenvalue weighted by Gasteiger charge is 2.45. The summed E-state index contributed by atoms with van der Waals surface area (Å²) in [4.78, 5) is 87.0. The molecule has 4 heterocycles. The maximum absolute atomic E-state index is 17.0. The number of aliphatic hydroxyl groups excluding tert-OH is 1. The lowest BCUT2D eigenvalue weighted by Gasteiger charge is -2.35. The number of carbonyl (C=O) groups is 5. The van der Waals surface area contributed by atoms with Crippen LogP contribution < -0.4 is 26.6 Å². The number of carbonyl (C=O) groups excluding carboxylic acids is 5. The van der Waals surface area contributed by atoms with Crippen molar-refractivity contribution in [2.75, 3.05) is 103 Å². The van der Waals surface area contributed by atoms with Gasteiger partial charge in [-0.15, -0.1) is 11.3 Å². The Labute approximate surface area is 484 Å². The van der Waals surface area contributed by atoms with Crippen molar-refractivity contribution < 1.29 is 52.8 Å². The second-order valence-electron chi connectivity index (χ2n) is 21.5. The van der Waals surface area contributed by atoms with Gasteiger partial charge in [0.1, 0.15) is 35.8 Å². The van der Waals surface area contributed by atoms with Crippen LogP contribution in [0.3, 0.4) is 0 Å². The lowest BCUT2D eigenvalue weighted by atomic mass is 9.85. The minimum atomic E-state index is -1.02. The number of likely N-dealkylation sites (N-methyl/N-ethyl adjacent to an activating group) is 1. The molecule has 24 heteroatoms. The van der Waals surface area contributed by atoms with Gasteiger partial charge in [0.05, 0.1) is 66.3 Å². The fourth-order valence-electron chi connectivity index (χ4n) is 10.0. The third-order valence-corrected chi connectivity index (χ3v) is 15.8. The number of aliphatic hydroxyl groups is 1. The van der Waals surface area contributed by atoms with E-state index in [2.05, 4.69) is 25.9 Å². The number of primary amides is 1. The van der Waals surface area contributed by atoms with Gasteiger partial charge >= 0.3 is 6.03 Å². The molecule has 2 aliphatic heterocycles. The summed E-state index contributed by atoms with van der Waals surface area (Å²) in [6, 6.07) is 16.9. The van der Waals surface area contributed by atoms with Crippen molar-refractivity contribution in [1.82, 2.24) is 40.3 Å². The molecule has 0 bridgehead atoms. The van der Waals surface area contributed by atoms with Gasteiger partial charge in [-0.05, 0) is 64.9 Å². The summed E-state index contributed by atoms with van der Waals surface area (Å²) in [6.07, 6.45) is -0.802. The number of anilines is 2. The van der Waals surface area contributed by atoms with E-state index in [1.807, 2.05) is 67.3 Å². The Kier molecular flexibility index (Phi) is 20.2. The van der Waals surface area contributed by atoms with Crippen molar-refractivity contribution in [3.63, 3.8) is 0 Å². The van der Waals surface area contributed by atoms with Crippen molar-refractivity contribution >= 4 is 86.0 Å². The number of ether oxygens (including phenoxy) is 3. The van der Waals surface area contributed by atoms with E-state index in [-0.39, 0.29) is 112 Å². The Balaban J connectivity index is 0.750. The topological polar surface area (TPSA) is 267 Å². The summed E-state index contributed by atoms with van der Waals surface area (Å²) in [6.45, 7) is 11.5.